The van der Waals surface area contributed by atoms with Crippen molar-refractivity contribution in [3.63, 3.8) is 0 Å². The molecular weight excluding hydrogens is 402 g/mol. The summed E-state index contributed by atoms with van der Waals surface area (Å²) in [5, 5.41) is 0.370. The minimum atomic E-state index is -0.515. The van der Waals surface area contributed by atoms with Crippen molar-refractivity contribution >= 4 is 29.5 Å². The maximum atomic E-state index is 12.3. The van der Waals surface area contributed by atoms with E-state index in [4.69, 9.17) is 25.8 Å². The molecule has 3 rings (SSSR count). The second-order valence-corrected chi connectivity index (χ2v) is 7.38. The van der Waals surface area contributed by atoms with E-state index in [0.717, 1.165) is 5.56 Å². The summed E-state index contributed by atoms with van der Waals surface area (Å²) in [6.45, 7) is 10.5. The Balaban J connectivity index is 1.91. The molecular formula is C24H24ClNO4. The molecule has 2 aromatic rings. The molecule has 6 heteroatoms. The first-order valence-corrected chi connectivity index (χ1v) is 10.1. The van der Waals surface area contributed by atoms with Gasteiger partial charge in [-0.1, -0.05) is 50.2 Å². The Kier molecular flexibility index (Phi) is 6.95. The lowest BCUT2D eigenvalue weighted by Gasteiger charge is -2.13. The predicted molar refractivity (Wildman–Crippen MR) is 119 cm³/mol. The molecule has 1 aliphatic heterocycles. The van der Waals surface area contributed by atoms with Crippen LogP contribution in [0.3, 0.4) is 0 Å². The molecule has 0 N–H and O–H groups in total. The normalized spacial score (nSPS) is 14.6. The summed E-state index contributed by atoms with van der Waals surface area (Å²) >= 11 is 6.37. The van der Waals surface area contributed by atoms with Gasteiger partial charge >= 0.3 is 5.97 Å². The van der Waals surface area contributed by atoms with Gasteiger partial charge < -0.3 is 14.2 Å². The number of nitrogens with zero attached hydrogens (tertiary/aromatic N) is 1. The van der Waals surface area contributed by atoms with Crippen LogP contribution in [0.1, 0.15) is 43.4 Å². The van der Waals surface area contributed by atoms with Crippen molar-refractivity contribution in [3.8, 4) is 11.5 Å². The number of cyclic esters (lactones) is 1. The van der Waals surface area contributed by atoms with Crippen LogP contribution in [0.25, 0.3) is 6.08 Å². The van der Waals surface area contributed by atoms with E-state index in [1.807, 2.05) is 31.2 Å². The van der Waals surface area contributed by atoms with Crippen molar-refractivity contribution < 1.29 is 19.0 Å². The molecule has 5 nitrogen and oxygen atoms in total. The van der Waals surface area contributed by atoms with Crippen LogP contribution in [-0.4, -0.2) is 25.1 Å². The van der Waals surface area contributed by atoms with E-state index in [1.54, 1.807) is 24.3 Å². The topological polar surface area (TPSA) is 57.1 Å². The molecule has 0 saturated heterocycles. The average Bonchev–Trinajstić information content (AvgIpc) is 3.08. The molecule has 2 aromatic carbocycles. The van der Waals surface area contributed by atoms with Gasteiger partial charge in [0.2, 0.25) is 5.90 Å². The van der Waals surface area contributed by atoms with Gasteiger partial charge in [-0.25, -0.2) is 9.79 Å². The Morgan fingerprint density at radius 1 is 1.20 bits per heavy atom. The van der Waals surface area contributed by atoms with Gasteiger partial charge in [0.15, 0.2) is 17.2 Å². The Morgan fingerprint density at radius 2 is 1.93 bits per heavy atom. The zero-order chi connectivity index (χ0) is 21.7. The Hall–Kier alpha value is -3.05. The smallest absolute Gasteiger partial charge is 0.363 e. The zero-order valence-corrected chi connectivity index (χ0v) is 18.0. The van der Waals surface area contributed by atoms with Crippen LogP contribution in [0.2, 0.25) is 5.02 Å². The second kappa shape index (κ2) is 9.63. The lowest BCUT2D eigenvalue weighted by atomic mass is 10.0. The molecule has 0 radical (unpaired) electrons. The number of hydrogen-bond acceptors (Lipinski definition) is 5. The summed E-state index contributed by atoms with van der Waals surface area (Å²) in [7, 11) is 0. The number of ether oxygens (including phenoxy) is 3. The molecule has 0 amide bonds. The average molecular weight is 426 g/mol. The minimum absolute atomic E-state index is 0.191. The molecule has 0 bridgehead atoms. The number of aliphatic imine (C=N–C) groups is 1. The number of esters is 1. The van der Waals surface area contributed by atoms with E-state index >= 15 is 0 Å². The van der Waals surface area contributed by atoms with E-state index in [0.29, 0.717) is 41.2 Å². The van der Waals surface area contributed by atoms with Gasteiger partial charge in [0, 0.05) is 5.56 Å². The highest BCUT2D eigenvalue weighted by atomic mass is 35.5. The van der Waals surface area contributed by atoms with Crippen molar-refractivity contribution in [2.75, 3.05) is 13.2 Å². The first-order chi connectivity index (χ1) is 14.4. The number of hydrogen-bond donors (Lipinski definition) is 0. The van der Waals surface area contributed by atoms with Crippen molar-refractivity contribution in [3.05, 3.63) is 76.5 Å². The number of carbonyl (C=O) groups is 1. The molecule has 156 valence electrons. The highest BCUT2D eigenvalue weighted by Gasteiger charge is 2.24. The van der Waals surface area contributed by atoms with E-state index in [-0.39, 0.29) is 11.6 Å². The Labute approximate surface area is 181 Å². The fourth-order valence-electron chi connectivity index (χ4n) is 2.92. The van der Waals surface area contributed by atoms with Crippen molar-refractivity contribution in [2.45, 2.75) is 26.7 Å². The van der Waals surface area contributed by atoms with Crippen LogP contribution in [0, 0.1) is 0 Å². The fourth-order valence-corrected chi connectivity index (χ4v) is 3.19. The molecule has 30 heavy (non-hydrogen) atoms. The standard InChI is InChI=1S/C24H24ClNO4/c1-5-11-29-22-19(25)12-16(14-21(22)28-6-2)13-20-24(27)30-23(26-20)18-9-7-17(8-10-18)15(3)4/h5,7-10,12-15H,1,6,11H2,2-4H3/b20-13-. The first kappa shape index (κ1) is 21.7. The molecule has 0 atom stereocenters. The number of halogens is 1. The maximum Gasteiger partial charge on any atom is 0.363 e. The molecule has 1 heterocycles. The van der Waals surface area contributed by atoms with Gasteiger partial charge in [0.05, 0.1) is 11.6 Å². The highest BCUT2D eigenvalue weighted by Crippen LogP contribution is 2.37. The summed E-state index contributed by atoms with van der Waals surface area (Å²) in [6, 6.07) is 11.3. The third-order valence-electron chi connectivity index (χ3n) is 4.43. The van der Waals surface area contributed by atoms with Gasteiger partial charge in [-0.05, 0) is 54.3 Å². The molecule has 0 aliphatic carbocycles. The third-order valence-corrected chi connectivity index (χ3v) is 4.71. The van der Waals surface area contributed by atoms with Crippen molar-refractivity contribution in [2.24, 2.45) is 4.99 Å². The zero-order valence-electron chi connectivity index (χ0n) is 17.3. The summed E-state index contributed by atoms with van der Waals surface area (Å²) in [6.07, 6.45) is 3.24. The number of benzene rings is 2. The van der Waals surface area contributed by atoms with E-state index < -0.39 is 5.97 Å². The summed E-state index contributed by atoms with van der Waals surface area (Å²) in [5.41, 5.74) is 2.80. The summed E-state index contributed by atoms with van der Waals surface area (Å²) in [4.78, 5) is 16.7. The van der Waals surface area contributed by atoms with Crippen LogP contribution in [0.5, 0.6) is 11.5 Å². The summed E-state index contributed by atoms with van der Waals surface area (Å²) < 4.78 is 16.6. The fraction of sp³-hybridized carbons (Fsp3) is 0.250. The van der Waals surface area contributed by atoms with Gasteiger partial charge in [0.25, 0.3) is 0 Å². The summed E-state index contributed by atoms with van der Waals surface area (Å²) in [5.74, 6) is 1.11. The molecule has 0 aromatic heterocycles. The van der Waals surface area contributed by atoms with Crippen LogP contribution in [0.4, 0.5) is 0 Å². The largest absolute Gasteiger partial charge is 0.490 e. The molecule has 0 fully saturated rings. The monoisotopic (exact) mass is 425 g/mol. The van der Waals surface area contributed by atoms with Gasteiger partial charge in [-0.3, -0.25) is 0 Å². The Bertz CT molecular complexity index is 1010. The van der Waals surface area contributed by atoms with Crippen LogP contribution in [-0.2, 0) is 9.53 Å². The quantitative estimate of drug-likeness (QED) is 0.306. The van der Waals surface area contributed by atoms with Crippen LogP contribution in [0.15, 0.2) is 59.7 Å². The number of rotatable bonds is 8. The lowest BCUT2D eigenvalue weighted by Crippen LogP contribution is -2.05. The second-order valence-electron chi connectivity index (χ2n) is 6.98. The number of carbonyl (C=O) groups excluding carboxylic acids is 1. The molecule has 1 aliphatic rings. The highest BCUT2D eigenvalue weighted by molar-refractivity contribution is 6.32. The molecule has 0 spiro atoms. The third kappa shape index (κ3) is 4.92. The van der Waals surface area contributed by atoms with E-state index in [1.165, 1.54) is 5.56 Å². The molecule has 0 saturated carbocycles. The van der Waals surface area contributed by atoms with Gasteiger partial charge in [0.1, 0.15) is 6.61 Å². The lowest BCUT2D eigenvalue weighted by molar-refractivity contribution is -0.129. The predicted octanol–water partition coefficient (Wildman–Crippen LogP) is 5.77. The van der Waals surface area contributed by atoms with Crippen LogP contribution < -0.4 is 9.47 Å². The Morgan fingerprint density at radius 3 is 2.57 bits per heavy atom. The van der Waals surface area contributed by atoms with E-state index in [9.17, 15) is 4.79 Å². The minimum Gasteiger partial charge on any atom is -0.490 e. The maximum absolute atomic E-state index is 12.3. The van der Waals surface area contributed by atoms with Gasteiger partial charge in [-0.15, -0.1) is 0 Å². The van der Waals surface area contributed by atoms with Crippen molar-refractivity contribution in [1.29, 1.82) is 0 Å². The molecule has 0 unspecified atom stereocenters. The van der Waals surface area contributed by atoms with Gasteiger partial charge in [-0.2, -0.15) is 0 Å². The SMILES string of the molecule is C=CCOc1c(Cl)cc(/C=C2\N=C(c3ccc(C(C)C)cc3)OC2=O)cc1OCC. The van der Waals surface area contributed by atoms with E-state index in [2.05, 4.69) is 25.4 Å². The van der Waals surface area contributed by atoms with Crippen LogP contribution >= 0.6 is 11.6 Å². The first-order valence-electron chi connectivity index (χ1n) is 9.75. The van der Waals surface area contributed by atoms with Crippen molar-refractivity contribution in [1.82, 2.24) is 0 Å².